The van der Waals surface area contributed by atoms with Crippen molar-refractivity contribution in [3.05, 3.63) is 41.8 Å². The molecule has 1 saturated heterocycles. The molecule has 3 rings (SSSR count). The van der Waals surface area contributed by atoms with E-state index in [0.717, 1.165) is 25.9 Å². The highest BCUT2D eigenvalue weighted by Gasteiger charge is 2.19. The number of carbonyl (C=O) groups is 1. The molecule has 2 aromatic rings. The van der Waals surface area contributed by atoms with E-state index in [1.165, 1.54) is 17.3 Å². The molecule has 1 aliphatic rings. The van der Waals surface area contributed by atoms with Gasteiger partial charge in [-0.05, 0) is 24.3 Å². The topological polar surface area (TPSA) is 59.2 Å². The fourth-order valence-corrected chi connectivity index (χ4v) is 3.40. The van der Waals surface area contributed by atoms with Crippen LogP contribution in [0.15, 0.2) is 40.0 Å². The van der Waals surface area contributed by atoms with Crippen LogP contribution in [0.1, 0.15) is 37.1 Å². The number of rotatable bonds is 6. The number of hydrogen-bond donors (Lipinski definition) is 0. The van der Waals surface area contributed by atoms with Crippen molar-refractivity contribution in [3.63, 3.8) is 0 Å². The second-order valence-corrected chi connectivity index (χ2v) is 6.78. The first-order valence-corrected chi connectivity index (χ1v) is 8.99. The number of hydrogen-bond acceptors (Lipinski definition) is 5. The third-order valence-electron chi connectivity index (χ3n) is 4.08. The number of amides is 1. The molecule has 0 bridgehead atoms. The van der Waals surface area contributed by atoms with Crippen LogP contribution in [0.25, 0.3) is 0 Å². The molecule has 2 heterocycles. The highest BCUT2D eigenvalue weighted by molar-refractivity contribution is 7.99. The fourth-order valence-electron chi connectivity index (χ4n) is 2.72. The first-order chi connectivity index (χ1) is 11.2. The lowest BCUT2D eigenvalue weighted by Crippen LogP contribution is -2.29. The Bertz CT molecular complexity index is 638. The van der Waals surface area contributed by atoms with Gasteiger partial charge in [-0.2, -0.15) is 0 Å². The Kier molecular flexibility index (Phi) is 5.33. The molecule has 0 N–H and O–H groups in total. The van der Waals surface area contributed by atoms with Crippen LogP contribution in [0.4, 0.5) is 0 Å². The van der Waals surface area contributed by atoms with E-state index >= 15 is 0 Å². The summed E-state index contributed by atoms with van der Waals surface area (Å²) in [7, 11) is 0. The summed E-state index contributed by atoms with van der Waals surface area (Å²) in [5, 5.41) is 8.61. The predicted molar refractivity (Wildman–Crippen MR) is 89.4 cm³/mol. The van der Waals surface area contributed by atoms with Gasteiger partial charge in [0, 0.05) is 19.5 Å². The highest BCUT2D eigenvalue weighted by Crippen LogP contribution is 2.23. The minimum Gasteiger partial charge on any atom is -0.416 e. The van der Waals surface area contributed by atoms with Gasteiger partial charge in [-0.1, -0.05) is 49.0 Å². The van der Waals surface area contributed by atoms with Crippen molar-refractivity contribution in [2.45, 2.75) is 37.3 Å². The first-order valence-electron chi connectivity index (χ1n) is 8.00. The molecule has 0 radical (unpaired) electrons. The summed E-state index contributed by atoms with van der Waals surface area (Å²) in [5.41, 5.74) is 1.25. The van der Waals surface area contributed by atoms with Gasteiger partial charge >= 0.3 is 0 Å². The Hall–Kier alpha value is -1.82. The number of carbonyl (C=O) groups excluding carboxylic acids is 1. The molecule has 0 spiro atoms. The zero-order valence-corrected chi connectivity index (χ0v) is 14.1. The second kappa shape index (κ2) is 7.64. The molecule has 1 aromatic heterocycles. The van der Waals surface area contributed by atoms with Crippen molar-refractivity contribution < 1.29 is 9.21 Å². The molecular formula is C17H21N3O2S. The maximum Gasteiger partial charge on any atom is 0.277 e. The van der Waals surface area contributed by atoms with Gasteiger partial charge in [-0.25, -0.2) is 0 Å². The largest absolute Gasteiger partial charge is 0.416 e. The van der Waals surface area contributed by atoms with Gasteiger partial charge in [0.15, 0.2) is 0 Å². The first kappa shape index (κ1) is 16.1. The third-order valence-corrected chi connectivity index (χ3v) is 4.88. The van der Waals surface area contributed by atoms with E-state index in [-0.39, 0.29) is 5.91 Å². The summed E-state index contributed by atoms with van der Waals surface area (Å²) in [5.74, 6) is 1.47. The molecule has 1 aromatic carbocycles. The smallest absolute Gasteiger partial charge is 0.277 e. The van der Waals surface area contributed by atoms with Crippen LogP contribution in [0, 0.1) is 0 Å². The molecule has 6 heteroatoms. The summed E-state index contributed by atoms with van der Waals surface area (Å²) in [4.78, 5) is 13.9. The van der Waals surface area contributed by atoms with Crippen LogP contribution >= 0.6 is 11.8 Å². The van der Waals surface area contributed by atoms with E-state index < -0.39 is 0 Å². The molecule has 1 atom stereocenters. The molecule has 1 unspecified atom stereocenters. The fraction of sp³-hybridized carbons (Fsp3) is 0.471. The lowest BCUT2D eigenvalue weighted by Gasteiger charge is -2.13. The predicted octanol–water partition coefficient (Wildman–Crippen LogP) is 3.13. The Labute approximate surface area is 140 Å². The highest BCUT2D eigenvalue weighted by atomic mass is 32.2. The zero-order chi connectivity index (χ0) is 16.1. The van der Waals surface area contributed by atoms with Crippen LogP contribution in [0.5, 0.6) is 0 Å². The molecule has 1 amide bonds. The second-order valence-electron chi connectivity index (χ2n) is 5.85. The van der Waals surface area contributed by atoms with Gasteiger partial charge in [0.1, 0.15) is 0 Å². The third kappa shape index (κ3) is 4.34. The molecule has 5 nitrogen and oxygen atoms in total. The van der Waals surface area contributed by atoms with E-state index in [1.807, 2.05) is 23.1 Å². The molecule has 0 saturated carbocycles. The number of benzene rings is 1. The average molecular weight is 331 g/mol. The molecule has 1 fully saturated rings. The quantitative estimate of drug-likeness (QED) is 0.761. The molecule has 0 aliphatic carbocycles. The summed E-state index contributed by atoms with van der Waals surface area (Å²) in [6.45, 7) is 3.90. The zero-order valence-electron chi connectivity index (χ0n) is 13.3. The van der Waals surface area contributed by atoms with Crippen LogP contribution in [0.2, 0.25) is 0 Å². The number of aromatic nitrogens is 2. The van der Waals surface area contributed by atoms with E-state index in [4.69, 9.17) is 4.42 Å². The Morgan fingerprint density at radius 2 is 2.00 bits per heavy atom. The summed E-state index contributed by atoms with van der Waals surface area (Å²) >= 11 is 1.33. The van der Waals surface area contributed by atoms with Crippen LogP contribution in [-0.2, 0) is 11.2 Å². The Morgan fingerprint density at radius 3 is 2.74 bits per heavy atom. The van der Waals surface area contributed by atoms with Crippen molar-refractivity contribution in [1.82, 2.24) is 15.1 Å². The van der Waals surface area contributed by atoms with Crippen molar-refractivity contribution in [2.75, 3.05) is 18.8 Å². The number of likely N-dealkylation sites (tertiary alicyclic amines) is 1. The summed E-state index contributed by atoms with van der Waals surface area (Å²) < 4.78 is 5.66. The van der Waals surface area contributed by atoms with Crippen LogP contribution in [0.3, 0.4) is 0 Å². The van der Waals surface area contributed by atoms with Gasteiger partial charge in [0.2, 0.25) is 11.8 Å². The molecular weight excluding hydrogens is 310 g/mol. The Morgan fingerprint density at radius 1 is 1.26 bits per heavy atom. The SMILES string of the molecule is CC(Cc1nnc(SCC(=O)N2CCCC2)o1)c1ccccc1. The lowest BCUT2D eigenvalue weighted by molar-refractivity contribution is -0.127. The van der Waals surface area contributed by atoms with Gasteiger partial charge < -0.3 is 9.32 Å². The van der Waals surface area contributed by atoms with Crippen LogP contribution in [-0.4, -0.2) is 39.8 Å². The van der Waals surface area contributed by atoms with E-state index in [2.05, 4.69) is 29.3 Å². The number of nitrogens with zero attached hydrogens (tertiary/aromatic N) is 3. The minimum absolute atomic E-state index is 0.157. The standard InChI is InChI=1S/C17H21N3O2S/c1-13(14-7-3-2-4-8-14)11-15-18-19-17(22-15)23-12-16(21)20-9-5-6-10-20/h2-4,7-8,13H,5-6,9-12H2,1H3. The maximum absolute atomic E-state index is 12.0. The maximum atomic E-state index is 12.0. The van der Waals surface area contributed by atoms with Crippen molar-refractivity contribution in [1.29, 1.82) is 0 Å². The molecule has 122 valence electrons. The van der Waals surface area contributed by atoms with Crippen LogP contribution < -0.4 is 0 Å². The van der Waals surface area contributed by atoms with Crippen molar-refractivity contribution >= 4 is 17.7 Å². The minimum atomic E-state index is 0.157. The Balaban J connectivity index is 1.50. The lowest BCUT2D eigenvalue weighted by atomic mass is 9.98. The van der Waals surface area contributed by atoms with Gasteiger partial charge in [-0.15, -0.1) is 10.2 Å². The summed E-state index contributed by atoms with van der Waals surface area (Å²) in [6, 6.07) is 10.3. The van der Waals surface area contributed by atoms with E-state index in [1.54, 1.807) is 0 Å². The normalized spacial score (nSPS) is 15.8. The molecule has 1 aliphatic heterocycles. The van der Waals surface area contributed by atoms with E-state index in [0.29, 0.717) is 29.2 Å². The van der Waals surface area contributed by atoms with Gasteiger partial charge in [0.05, 0.1) is 5.75 Å². The van der Waals surface area contributed by atoms with E-state index in [9.17, 15) is 4.79 Å². The van der Waals surface area contributed by atoms with Crippen molar-refractivity contribution in [2.24, 2.45) is 0 Å². The monoisotopic (exact) mass is 331 g/mol. The molecule has 23 heavy (non-hydrogen) atoms. The summed E-state index contributed by atoms with van der Waals surface area (Å²) in [6.07, 6.45) is 2.93. The van der Waals surface area contributed by atoms with Gasteiger partial charge in [-0.3, -0.25) is 4.79 Å². The van der Waals surface area contributed by atoms with Gasteiger partial charge in [0.25, 0.3) is 5.22 Å². The number of thioether (sulfide) groups is 1. The average Bonchev–Trinajstić information content (AvgIpc) is 3.25. The van der Waals surface area contributed by atoms with Crippen molar-refractivity contribution in [3.8, 4) is 0 Å².